The van der Waals surface area contributed by atoms with E-state index in [-0.39, 0.29) is 18.6 Å². The lowest BCUT2D eigenvalue weighted by atomic mass is 9.86. The topological polar surface area (TPSA) is 49.3 Å². The van der Waals surface area contributed by atoms with Gasteiger partial charge in [0.25, 0.3) is 0 Å². The molecule has 1 amide bonds. The fraction of sp³-hybridized carbons (Fsp3) is 0.526. The molecule has 22 heavy (non-hydrogen) atoms. The van der Waals surface area contributed by atoms with Crippen LogP contribution < -0.4 is 5.32 Å². The Bertz CT molecular complexity index is 487. The predicted octanol–water partition coefficient (Wildman–Crippen LogP) is 3.23. The van der Waals surface area contributed by atoms with Gasteiger partial charge in [-0.15, -0.1) is 0 Å². The van der Waals surface area contributed by atoms with Gasteiger partial charge < -0.3 is 10.4 Å². The Balaban J connectivity index is 1.73. The van der Waals surface area contributed by atoms with E-state index in [1.54, 1.807) is 6.08 Å². The van der Waals surface area contributed by atoms with Gasteiger partial charge in [-0.05, 0) is 56.9 Å². The molecule has 1 aliphatic carbocycles. The Kier molecular flexibility index (Phi) is 6.66. The van der Waals surface area contributed by atoms with Gasteiger partial charge in [-0.1, -0.05) is 35.9 Å². The normalized spacial score (nSPS) is 22.4. The number of nitrogens with one attached hydrogen (secondary N) is 1. The molecule has 0 bridgehead atoms. The molecule has 0 aliphatic heterocycles. The van der Waals surface area contributed by atoms with Crippen molar-refractivity contribution in [1.29, 1.82) is 0 Å². The summed E-state index contributed by atoms with van der Waals surface area (Å²) in [6.07, 6.45) is 7.60. The van der Waals surface area contributed by atoms with Crippen molar-refractivity contribution >= 4 is 5.91 Å². The molecular weight excluding hydrogens is 274 g/mol. The number of amides is 1. The Morgan fingerprint density at radius 1 is 1.23 bits per heavy atom. The molecule has 1 fully saturated rings. The minimum Gasteiger partial charge on any atom is -0.396 e. The highest BCUT2D eigenvalue weighted by Crippen LogP contribution is 2.23. The van der Waals surface area contributed by atoms with Crippen LogP contribution in [-0.4, -0.2) is 23.7 Å². The number of hydrogen-bond donors (Lipinski definition) is 2. The first-order valence-electron chi connectivity index (χ1n) is 8.30. The maximum Gasteiger partial charge on any atom is 0.244 e. The highest BCUT2D eigenvalue weighted by molar-refractivity contribution is 5.88. The number of benzene rings is 1. The summed E-state index contributed by atoms with van der Waals surface area (Å²) in [4.78, 5) is 12.0. The zero-order valence-electron chi connectivity index (χ0n) is 13.4. The predicted molar refractivity (Wildman–Crippen MR) is 89.5 cm³/mol. The summed E-state index contributed by atoms with van der Waals surface area (Å²) in [6.45, 7) is 2.30. The number of aliphatic hydroxyl groups is 1. The Hall–Kier alpha value is -1.61. The number of aliphatic hydroxyl groups excluding tert-OH is 1. The average molecular weight is 301 g/mol. The SMILES string of the molecule is C/C(=C/C(=O)NC1CCC(CO)CC1)CCc1ccccc1. The molecule has 1 aromatic rings. The maximum absolute atomic E-state index is 12.0. The van der Waals surface area contributed by atoms with E-state index in [2.05, 4.69) is 17.4 Å². The fourth-order valence-corrected chi connectivity index (χ4v) is 3.01. The van der Waals surface area contributed by atoms with Gasteiger partial charge in [0.05, 0.1) is 0 Å². The van der Waals surface area contributed by atoms with Crippen LogP contribution in [0, 0.1) is 5.92 Å². The molecule has 120 valence electrons. The van der Waals surface area contributed by atoms with Crippen LogP contribution in [0.25, 0.3) is 0 Å². The van der Waals surface area contributed by atoms with E-state index in [0.717, 1.165) is 44.1 Å². The molecule has 1 aliphatic rings. The largest absolute Gasteiger partial charge is 0.396 e. The van der Waals surface area contributed by atoms with Gasteiger partial charge in [0, 0.05) is 18.7 Å². The Morgan fingerprint density at radius 3 is 2.55 bits per heavy atom. The van der Waals surface area contributed by atoms with Crippen LogP contribution >= 0.6 is 0 Å². The second kappa shape index (κ2) is 8.74. The third kappa shape index (κ3) is 5.64. The Morgan fingerprint density at radius 2 is 1.91 bits per heavy atom. The number of aryl methyl sites for hydroxylation is 1. The van der Waals surface area contributed by atoms with Crippen molar-refractivity contribution in [3.8, 4) is 0 Å². The van der Waals surface area contributed by atoms with Gasteiger partial charge in [-0.3, -0.25) is 4.79 Å². The van der Waals surface area contributed by atoms with Crippen molar-refractivity contribution < 1.29 is 9.90 Å². The van der Waals surface area contributed by atoms with Crippen LogP contribution in [0.1, 0.15) is 44.6 Å². The Labute approximate surface area is 133 Å². The molecule has 0 atom stereocenters. The summed E-state index contributed by atoms with van der Waals surface area (Å²) in [5.74, 6) is 0.453. The van der Waals surface area contributed by atoms with E-state index < -0.39 is 0 Å². The first-order chi connectivity index (χ1) is 10.7. The highest BCUT2D eigenvalue weighted by Gasteiger charge is 2.21. The second-order valence-corrected chi connectivity index (χ2v) is 6.39. The molecule has 3 nitrogen and oxygen atoms in total. The lowest BCUT2D eigenvalue weighted by molar-refractivity contribution is -0.117. The third-order valence-corrected chi connectivity index (χ3v) is 4.48. The average Bonchev–Trinajstić information content (AvgIpc) is 2.54. The molecule has 0 saturated heterocycles. The van der Waals surface area contributed by atoms with Crippen molar-refractivity contribution in [3.05, 3.63) is 47.5 Å². The molecule has 0 spiro atoms. The van der Waals surface area contributed by atoms with Gasteiger partial charge in [-0.2, -0.15) is 0 Å². The van der Waals surface area contributed by atoms with Crippen LogP contribution in [0.3, 0.4) is 0 Å². The zero-order valence-corrected chi connectivity index (χ0v) is 13.4. The highest BCUT2D eigenvalue weighted by atomic mass is 16.3. The summed E-state index contributed by atoms with van der Waals surface area (Å²) in [7, 11) is 0. The van der Waals surface area contributed by atoms with Crippen LogP contribution in [0.15, 0.2) is 42.0 Å². The maximum atomic E-state index is 12.0. The van der Waals surface area contributed by atoms with E-state index in [9.17, 15) is 4.79 Å². The van der Waals surface area contributed by atoms with Gasteiger partial charge in [-0.25, -0.2) is 0 Å². The number of carbonyl (C=O) groups is 1. The number of allylic oxidation sites excluding steroid dienone is 1. The lowest BCUT2D eigenvalue weighted by Crippen LogP contribution is -2.37. The molecule has 0 aromatic heterocycles. The van der Waals surface area contributed by atoms with Crippen molar-refractivity contribution in [2.75, 3.05) is 6.61 Å². The zero-order chi connectivity index (χ0) is 15.8. The van der Waals surface area contributed by atoms with E-state index in [4.69, 9.17) is 5.11 Å². The van der Waals surface area contributed by atoms with E-state index in [1.807, 2.05) is 25.1 Å². The molecule has 0 unspecified atom stereocenters. The molecule has 3 heteroatoms. The molecular formula is C19H27NO2. The number of rotatable bonds is 6. The smallest absolute Gasteiger partial charge is 0.244 e. The summed E-state index contributed by atoms with van der Waals surface area (Å²) in [6, 6.07) is 10.6. The van der Waals surface area contributed by atoms with Crippen molar-refractivity contribution in [3.63, 3.8) is 0 Å². The van der Waals surface area contributed by atoms with Gasteiger partial charge in [0.2, 0.25) is 5.91 Å². The molecule has 2 rings (SSSR count). The van der Waals surface area contributed by atoms with Crippen LogP contribution in [0.5, 0.6) is 0 Å². The second-order valence-electron chi connectivity index (χ2n) is 6.39. The number of carbonyl (C=O) groups excluding carboxylic acids is 1. The van der Waals surface area contributed by atoms with Gasteiger partial charge in [0.15, 0.2) is 0 Å². The van der Waals surface area contributed by atoms with E-state index >= 15 is 0 Å². The monoisotopic (exact) mass is 301 g/mol. The van der Waals surface area contributed by atoms with Gasteiger partial charge in [0.1, 0.15) is 0 Å². The molecule has 2 N–H and O–H groups in total. The summed E-state index contributed by atoms with van der Waals surface area (Å²) in [5, 5.41) is 12.2. The quantitative estimate of drug-likeness (QED) is 0.793. The minimum absolute atomic E-state index is 0.0259. The van der Waals surface area contributed by atoms with Crippen molar-refractivity contribution in [2.24, 2.45) is 5.92 Å². The standard InChI is InChI=1S/C19H27NO2/c1-15(7-8-16-5-3-2-4-6-16)13-19(22)20-18-11-9-17(14-21)10-12-18/h2-6,13,17-18,21H,7-12,14H2,1H3,(H,20,22)/b15-13-. The fourth-order valence-electron chi connectivity index (χ4n) is 3.01. The minimum atomic E-state index is 0.0259. The van der Waals surface area contributed by atoms with Crippen molar-refractivity contribution in [1.82, 2.24) is 5.32 Å². The van der Waals surface area contributed by atoms with Crippen LogP contribution in [0.2, 0.25) is 0 Å². The van der Waals surface area contributed by atoms with Crippen LogP contribution in [0.4, 0.5) is 0 Å². The third-order valence-electron chi connectivity index (χ3n) is 4.48. The molecule has 1 aromatic carbocycles. The van der Waals surface area contributed by atoms with E-state index in [0.29, 0.717) is 5.92 Å². The lowest BCUT2D eigenvalue weighted by Gasteiger charge is -2.27. The van der Waals surface area contributed by atoms with E-state index in [1.165, 1.54) is 5.56 Å². The summed E-state index contributed by atoms with van der Waals surface area (Å²) in [5.41, 5.74) is 2.42. The first-order valence-corrected chi connectivity index (χ1v) is 8.30. The number of hydrogen-bond acceptors (Lipinski definition) is 2. The van der Waals surface area contributed by atoms with Gasteiger partial charge >= 0.3 is 0 Å². The summed E-state index contributed by atoms with van der Waals surface area (Å²) < 4.78 is 0. The molecule has 0 heterocycles. The summed E-state index contributed by atoms with van der Waals surface area (Å²) >= 11 is 0. The van der Waals surface area contributed by atoms with Crippen molar-refractivity contribution in [2.45, 2.75) is 51.5 Å². The van der Waals surface area contributed by atoms with Crippen LogP contribution in [-0.2, 0) is 11.2 Å². The first kappa shape index (κ1) is 16.8. The molecule has 1 saturated carbocycles. The molecule has 0 radical (unpaired) electrons.